The van der Waals surface area contributed by atoms with E-state index >= 15 is 0 Å². The first-order valence-electron chi connectivity index (χ1n) is 37.8. The van der Waals surface area contributed by atoms with Crippen LogP contribution >= 0.6 is 46.4 Å². The Hall–Kier alpha value is -7.44. The molecule has 13 heterocycles. The average Bonchev–Trinajstić information content (AvgIpc) is 1.56. The molecule has 2 atom stereocenters. The quantitative estimate of drug-likeness (QED) is 0.0662. The number of hydrogen-bond acceptors (Lipinski definition) is 19. The second kappa shape index (κ2) is 33.6. The van der Waals surface area contributed by atoms with Crippen LogP contribution in [-0.4, -0.2) is 262 Å². The van der Waals surface area contributed by atoms with Gasteiger partial charge in [0, 0.05) is 161 Å². The number of rotatable bonds is 12. The van der Waals surface area contributed by atoms with Crippen LogP contribution in [0.5, 0.6) is 0 Å². The van der Waals surface area contributed by atoms with Crippen LogP contribution in [0, 0.1) is 11.8 Å². The number of nitrogens with one attached hydrogen (secondary N) is 6. The number of morpholine rings is 1. The number of halogens is 4. The summed E-state index contributed by atoms with van der Waals surface area (Å²) < 4.78 is 91.2. The highest BCUT2D eigenvalue weighted by atomic mass is 35.5. The number of carbonyl (C=O) groups excluding carboxylic acids is 2. The molecule has 36 heteroatoms. The molecular weight excluding hydrogens is 1570 g/mol. The summed E-state index contributed by atoms with van der Waals surface area (Å²) in [5, 5.41) is 43.8. The molecule has 29 nitrogen and oxygen atoms in total. The normalized spacial score (nSPS) is 22.0. The van der Waals surface area contributed by atoms with Gasteiger partial charge in [-0.3, -0.25) is 35.1 Å². The van der Waals surface area contributed by atoms with E-state index in [0.717, 1.165) is 194 Å². The fourth-order valence-electron chi connectivity index (χ4n) is 17.2. The smallest absolute Gasteiger partial charge is 0.230 e. The summed E-state index contributed by atoms with van der Waals surface area (Å²) in [4.78, 5) is 35.3. The van der Waals surface area contributed by atoms with Gasteiger partial charge < -0.3 is 38.7 Å². The molecule has 8 saturated heterocycles. The maximum Gasteiger partial charge on any atom is 0.230 e. The van der Waals surface area contributed by atoms with Gasteiger partial charge in [0.2, 0.25) is 41.9 Å². The highest BCUT2D eigenvalue weighted by molar-refractivity contribution is 7.89. The van der Waals surface area contributed by atoms with E-state index in [1.54, 1.807) is 14.8 Å². The van der Waals surface area contributed by atoms with E-state index in [1.807, 2.05) is 83.1 Å². The maximum atomic E-state index is 12.3. The van der Waals surface area contributed by atoms with Crippen LogP contribution in [0.3, 0.4) is 0 Å². The van der Waals surface area contributed by atoms with Gasteiger partial charge in [0.15, 0.2) is 0 Å². The van der Waals surface area contributed by atoms with Crippen LogP contribution in [0.25, 0.3) is 54.5 Å². The Kier molecular flexibility index (Phi) is 23.8. The molecule has 10 aromatic rings. The molecule has 5 aromatic carbocycles. The molecule has 1 saturated carbocycles. The van der Waals surface area contributed by atoms with Crippen LogP contribution < -0.4 is 19.4 Å². The van der Waals surface area contributed by atoms with Gasteiger partial charge in [-0.1, -0.05) is 46.4 Å². The third-order valence-electron chi connectivity index (χ3n) is 23.1. The topological polar surface area (TPSA) is 342 Å². The van der Waals surface area contributed by atoms with Crippen molar-refractivity contribution in [2.45, 2.75) is 93.7 Å². The number of benzene rings is 5. The first-order valence-corrected chi connectivity index (χ1v) is 44.9. The van der Waals surface area contributed by atoms with Crippen molar-refractivity contribution < 1.29 is 49.1 Å². The van der Waals surface area contributed by atoms with Crippen molar-refractivity contribution in [3.8, 4) is 0 Å². The van der Waals surface area contributed by atoms with E-state index < -0.39 is 30.1 Å². The number of ether oxygens (including phenoxy) is 3. The predicted molar refractivity (Wildman–Crippen MR) is 432 cm³/mol. The Labute approximate surface area is 664 Å². The summed E-state index contributed by atoms with van der Waals surface area (Å²) in [7, 11) is -9.34. The number of nitrogens with zero attached hydrogens (tertiary/aromatic N) is 12. The Morgan fingerprint density at radius 3 is 1.31 bits per heavy atom. The molecule has 9 aliphatic rings. The highest BCUT2D eigenvalue weighted by Crippen LogP contribution is 2.43. The van der Waals surface area contributed by atoms with Gasteiger partial charge >= 0.3 is 0 Å². The SMILES string of the molecule is CS(=O)(=O)N1CC2CC1CN2c1cc(Cl)cc2[nH]ncc12.CS(=O)(=O)N1CCC(c2cc(N3CCOCC3)cc3[nH]ncc23)CC1.CS(=O)(=O)NC1CCC(c2cc(Cl)cc3[nH]ncc23)CC1.O=C(C1COC1)N1CCC(c2cc(Cl)cc3[nH]ncc23)CC1.O=C(C1COC1)N1CCN(c2cc(Cl)cc3[nH]ncc23)CC1. The Morgan fingerprint density at radius 1 is 0.432 bits per heavy atom. The monoisotopic (exact) mass is 1660 g/mol. The van der Waals surface area contributed by atoms with Crippen molar-refractivity contribution in [1.82, 2.24) is 74.1 Å². The lowest BCUT2D eigenvalue weighted by Crippen LogP contribution is -2.53. The number of hydrogen-bond donors (Lipinski definition) is 6. The molecule has 111 heavy (non-hydrogen) atoms. The van der Waals surface area contributed by atoms with E-state index in [4.69, 9.17) is 60.6 Å². The zero-order valence-corrected chi connectivity index (χ0v) is 67.4. The summed E-state index contributed by atoms with van der Waals surface area (Å²) in [6.07, 6.45) is 21.1. The van der Waals surface area contributed by atoms with Gasteiger partial charge in [-0.15, -0.1) is 0 Å². The number of carbonyl (C=O) groups is 2. The van der Waals surface area contributed by atoms with Gasteiger partial charge in [-0.25, -0.2) is 34.3 Å². The molecule has 5 aromatic heterocycles. The zero-order valence-electron chi connectivity index (χ0n) is 62.0. The molecule has 2 amide bonds. The number of amides is 2. The van der Waals surface area contributed by atoms with Crippen molar-refractivity contribution in [2.24, 2.45) is 11.8 Å². The van der Waals surface area contributed by atoms with E-state index in [1.165, 1.54) is 41.1 Å². The molecule has 6 N–H and O–H groups in total. The van der Waals surface area contributed by atoms with E-state index in [-0.39, 0.29) is 41.8 Å². The molecular formula is C75H92Cl4N18O11S3. The molecule has 594 valence electrons. The summed E-state index contributed by atoms with van der Waals surface area (Å²) in [6, 6.07) is 20.2. The predicted octanol–water partition coefficient (Wildman–Crippen LogP) is 9.85. The number of piperidine rings is 2. The molecule has 2 unspecified atom stereocenters. The van der Waals surface area contributed by atoms with Crippen molar-refractivity contribution in [3.63, 3.8) is 0 Å². The number of likely N-dealkylation sites (tertiary alicyclic amines) is 1. The summed E-state index contributed by atoms with van der Waals surface area (Å²) in [6.45, 7) is 12.8. The third-order valence-corrected chi connectivity index (χ3v) is 27.3. The van der Waals surface area contributed by atoms with E-state index in [9.17, 15) is 34.8 Å². The highest BCUT2D eigenvalue weighted by Gasteiger charge is 2.47. The summed E-state index contributed by atoms with van der Waals surface area (Å²) in [5.41, 5.74) is 11.9. The van der Waals surface area contributed by atoms with Crippen molar-refractivity contribution in [2.75, 3.05) is 152 Å². The van der Waals surface area contributed by atoms with Crippen LogP contribution in [0.4, 0.5) is 17.1 Å². The second-order valence-corrected chi connectivity index (χ2v) is 37.9. The van der Waals surface area contributed by atoms with Crippen molar-refractivity contribution in [1.29, 1.82) is 0 Å². The van der Waals surface area contributed by atoms with Crippen molar-refractivity contribution in [3.05, 3.63) is 128 Å². The number of fused-ring (bicyclic) bond motifs is 7. The molecule has 19 rings (SSSR count). The Balaban J connectivity index is 0.000000110. The standard InChI is InChI=1S/C17H24N4O3S.C16H18ClN3O2.C15H17ClN4O2.C14H18ClN3O2S.C13H15ClN4O2S/c1-25(22,23)21-4-2-13(3-5-21)15-10-14(20-6-8-24-9-7-20)11-17-16(15)12-18-19-17;17-12-5-13(14-7-18-19-15(14)6-12)10-1-3-20(4-2-10)16(21)11-8-22-9-11;16-11-5-13-12(7-17-18-13)14(6-11)19-1-3-20(4-2-19)15(21)10-8-22-9-10;1-21(19,20)18-11-4-2-9(3-5-11)12-6-10(15)7-14-13(12)8-16-17-14;1-21(19,20)18-7-9-4-10(18)6-17(9)13-3-8(14)2-12-11(13)5-15-16-12/h10-13H,2-9H2,1H3,(H,18,19);5-7,10-11H,1-4,8-9H2,(H,18,19);5-7,10H,1-4,8-9H2,(H,17,18);6-9,11,18H,2-5H2,1H3,(H,16,17);2-3,5,9-10H,4,6-7H2,1H3,(H,15,16). The van der Waals surface area contributed by atoms with Gasteiger partial charge in [-0.05, 0) is 153 Å². The lowest BCUT2D eigenvalue weighted by molar-refractivity contribution is -0.151. The van der Waals surface area contributed by atoms with Crippen molar-refractivity contribution >= 4 is 160 Å². The number of aromatic nitrogens is 10. The van der Waals surface area contributed by atoms with Crippen LogP contribution in [0.2, 0.25) is 20.1 Å². The van der Waals surface area contributed by atoms with E-state index in [2.05, 4.69) is 82.5 Å². The number of H-pyrrole nitrogens is 5. The number of anilines is 3. The molecule has 9 fully saturated rings. The minimum Gasteiger partial charge on any atom is -0.380 e. The minimum atomic E-state index is -3.12. The molecule has 2 bridgehead atoms. The minimum absolute atomic E-state index is 0.0512. The first-order chi connectivity index (χ1) is 53.3. The number of sulfonamides is 3. The Bertz CT molecular complexity index is 5230. The maximum absolute atomic E-state index is 12.3. The number of aromatic amines is 5. The lowest BCUT2D eigenvalue weighted by Gasteiger charge is -2.39. The van der Waals surface area contributed by atoms with Gasteiger partial charge in [0.05, 0.1) is 129 Å². The van der Waals surface area contributed by atoms with Gasteiger partial charge in [-0.2, -0.15) is 29.8 Å². The van der Waals surface area contributed by atoms with Crippen LogP contribution in [-0.2, 0) is 53.9 Å². The second-order valence-electron chi connectivity index (χ2n) is 30.4. The Morgan fingerprint density at radius 2 is 0.856 bits per heavy atom. The molecule has 8 aliphatic heterocycles. The first kappa shape index (κ1) is 78.8. The fraction of sp³-hybridized carbons (Fsp3) is 0.507. The summed E-state index contributed by atoms with van der Waals surface area (Å²) >= 11 is 24.8. The molecule has 1 aliphatic carbocycles. The van der Waals surface area contributed by atoms with Gasteiger partial charge in [0.1, 0.15) is 0 Å². The van der Waals surface area contributed by atoms with Gasteiger partial charge in [0.25, 0.3) is 0 Å². The average molecular weight is 1660 g/mol. The van der Waals surface area contributed by atoms with E-state index in [0.29, 0.717) is 85.4 Å². The largest absolute Gasteiger partial charge is 0.380 e. The molecule has 0 spiro atoms. The van der Waals surface area contributed by atoms with Crippen LogP contribution in [0.1, 0.15) is 92.2 Å². The van der Waals surface area contributed by atoms with Crippen LogP contribution in [0.15, 0.2) is 91.6 Å². The zero-order chi connectivity index (χ0) is 77.5. The summed E-state index contributed by atoms with van der Waals surface area (Å²) in [5.74, 6) is 1.83. The third kappa shape index (κ3) is 18.1. The fourth-order valence-corrected chi connectivity index (χ4v) is 20.9. The number of piperazine rings is 2. The lowest BCUT2D eigenvalue weighted by atomic mass is 9.81. The molecule has 0 radical (unpaired) electrons.